The van der Waals surface area contributed by atoms with E-state index in [1.54, 1.807) is 6.08 Å². The van der Waals surface area contributed by atoms with Gasteiger partial charge in [-0.2, -0.15) is 0 Å². The molecule has 4 aliphatic rings. The minimum Gasteiger partial charge on any atom is -0.423 e. The first-order chi connectivity index (χ1) is 15.0. The third-order valence-corrected chi connectivity index (χ3v) is 8.54. The van der Waals surface area contributed by atoms with Crippen LogP contribution in [-0.2, 0) is 16.6 Å². The zero-order valence-corrected chi connectivity index (χ0v) is 18.8. The molecule has 0 spiro atoms. The van der Waals surface area contributed by atoms with Gasteiger partial charge in [-0.1, -0.05) is 50.5 Å². The van der Waals surface area contributed by atoms with Crippen LogP contribution in [0.25, 0.3) is 0 Å². The molecule has 5 rings (SSSR count). The van der Waals surface area contributed by atoms with E-state index in [-0.39, 0.29) is 17.4 Å². The van der Waals surface area contributed by atoms with Crippen molar-refractivity contribution in [1.82, 2.24) is 4.90 Å². The number of hydrogen-bond acceptors (Lipinski definition) is 4. The number of ether oxygens (including phenoxy) is 1. The van der Waals surface area contributed by atoms with Crippen molar-refractivity contribution in [2.45, 2.75) is 88.3 Å². The summed E-state index contributed by atoms with van der Waals surface area (Å²) in [6, 6.07) is 6.65. The van der Waals surface area contributed by atoms with E-state index in [1.807, 2.05) is 31.2 Å². The lowest BCUT2D eigenvalue weighted by atomic mass is 9.38. The lowest BCUT2D eigenvalue weighted by Gasteiger charge is -2.79. The Morgan fingerprint density at radius 1 is 1.29 bits per heavy atom. The number of rotatable bonds is 8. The van der Waals surface area contributed by atoms with Gasteiger partial charge in [0.05, 0.1) is 0 Å². The number of aliphatic hydroxyl groups is 1. The van der Waals surface area contributed by atoms with Gasteiger partial charge in [0.1, 0.15) is 11.4 Å². The maximum atomic E-state index is 12.2. The lowest BCUT2D eigenvalue weighted by Crippen LogP contribution is -2.92. The summed E-state index contributed by atoms with van der Waals surface area (Å²) in [5.74, 6) is 1.05. The van der Waals surface area contributed by atoms with E-state index >= 15 is 0 Å². The van der Waals surface area contributed by atoms with Crippen LogP contribution >= 0.6 is 0 Å². The van der Waals surface area contributed by atoms with Gasteiger partial charge in [0.25, 0.3) is 0 Å². The van der Waals surface area contributed by atoms with Crippen molar-refractivity contribution in [2.75, 3.05) is 6.54 Å². The molecule has 2 saturated carbocycles. The first-order valence-corrected chi connectivity index (χ1v) is 12.2. The Hall–Kier alpha value is -1.91. The van der Waals surface area contributed by atoms with Gasteiger partial charge < -0.3 is 9.84 Å². The zero-order valence-electron chi connectivity index (χ0n) is 18.8. The van der Waals surface area contributed by atoms with Crippen LogP contribution in [0.5, 0.6) is 5.75 Å². The number of benzene rings is 1. The molecule has 31 heavy (non-hydrogen) atoms. The highest BCUT2D eigenvalue weighted by Crippen LogP contribution is 2.68. The number of fused-ring (bicyclic) bond motifs is 2. The number of likely N-dealkylation sites (tertiary alicyclic amines) is 1. The average molecular weight is 422 g/mol. The predicted molar refractivity (Wildman–Crippen MR) is 122 cm³/mol. The topological polar surface area (TPSA) is 49.8 Å². The third-order valence-electron chi connectivity index (χ3n) is 8.54. The summed E-state index contributed by atoms with van der Waals surface area (Å²) in [6.07, 6.45) is 16.1. The number of unbranched alkanes of at least 4 members (excludes halogenated alkanes) is 1. The second-order valence-electron chi connectivity index (χ2n) is 10.1. The summed E-state index contributed by atoms with van der Waals surface area (Å²) in [7, 11) is 0. The van der Waals surface area contributed by atoms with Crippen molar-refractivity contribution < 1.29 is 14.6 Å². The van der Waals surface area contributed by atoms with Crippen LogP contribution < -0.4 is 4.74 Å². The number of nitrogens with zero attached hydrogens (tertiary/aromatic N) is 1. The van der Waals surface area contributed by atoms with Gasteiger partial charge in [-0.3, -0.25) is 4.90 Å². The zero-order chi connectivity index (χ0) is 21.6. The number of allylic oxidation sites excluding steroid dienone is 3. The third kappa shape index (κ3) is 3.06. The SMILES string of the molecule is C/C=C/C=C/C(=O)Oc1ccc2c(c1)C1(CCCC)CC3N(CC4CCC4)C(C2)C31O. The van der Waals surface area contributed by atoms with Crippen LogP contribution in [0.4, 0.5) is 0 Å². The molecule has 0 radical (unpaired) electrons. The number of esters is 1. The van der Waals surface area contributed by atoms with Gasteiger partial charge in [0, 0.05) is 30.1 Å². The van der Waals surface area contributed by atoms with E-state index in [1.165, 1.54) is 36.5 Å². The van der Waals surface area contributed by atoms with Crippen LogP contribution in [0, 0.1) is 5.92 Å². The first-order valence-electron chi connectivity index (χ1n) is 12.2. The highest BCUT2D eigenvalue weighted by atomic mass is 16.5. The largest absolute Gasteiger partial charge is 0.423 e. The van der Waals surface area contributed by atoms with Crippen molar-refractivity contribution in [3.63, 3.8) is 0 Å². The second kappa shape index (κ2) is 7.90. The maximum Gasteiger partial charge on any atom is 0.336 e. The molecule has 0 amide bonds. The molecule has 1 saturated heterocycles. The van der Waals surface area contributed by atoms with E-state index in [9.17, 15) is 9.90 Å². The fourth-order valence-corrected chi connectivity index (χ4v) is 6.72. The summed E-state index contributed by atoms with van der Waals surface area (Å²) in [5, 5.41) is 12.0. The van der Waals surface area contributed by atoms with Gasteiger partial charge in [-0.25, -0.2) is 4.79 Å². The Labute approximate surface area is 186 Å². The molecule has 4 heteroatoms. The van der Waals surface area contributed by atoms with Gasteiger partial charge in [0.15, 0.2) is 0 Å². The molecule has 1 aromatic carbocycles. The second-order valence-corrected chi connectivity index (χ2v) is 10.1. The Kier molecular flexibility index (Phi) is 5.34. The molecule has 3 aliphatic carbocycles. The molecule has 1 aromatic rings. The highest BCUT2D eigenvalue weighted by molar-refractivity contribution is 5.84. The van der Waals surface area contributed by atoms with Crippen LogP contribution in [0.1, 0.15) is 69.9 Å². The molecule has 166 valence electrons. The summed E-state index contributed by atoms with van der Waals surface area (Å²) < 4.78 is 5.60. The van der Waals surface area contributed by atoms with Crippen LogP contribution in [0.2, 0.25) is 0 Å². The van der Waals surface area contributed by atoms with Crippen molar-refractivity contribution >= 4 is 5.97 Å². The quantitative estimate of drug-likeness (QED) is 0.286. The Bertz CT molecular complexity index is 917. The van der Waals surface area contributed by atoms with Crippen molar-refractivity contribution in [1.29, 1.82) is 0 Å². The molecule has 0 bridgehead atoms. The number of carbonyl (C=O) groups is 1. The molecule has 1 N–H and O–H groups in total. The number of piperidine rings is 1. The normalized spacial score (nSPS) is 34.0. The van der Waals surface area contributed by atoms with Gasteiger partial charge in [-0.05, 0) is 68.2 Å². The summed E-state index contributed by atoms with van der Waals surface area (Å²) in [4.78, 5) is 14.8. The predicted octanol–water partition coefficient (Wildman–Crippen LogP) is 4.70. The van der Waals surface area contributed by atoms with Gasteiger partial charge >= 0.3 is 5.97 Å². The summed E-state index contributed by atoms with van der Waals surface area (Å²) in [6.45, 7) is 5.29. The molecule has 4 nitrogen and oxygen atoms in total. The van der Waals surface area contributed by atoms with Crippen molar-refractivity contribution in [3.8, 4) is 5.75 Å². The first kappa shape index (κ1) is 21.0. The van der Waals surface area contributed by atoms with E-state index in [2.05, 4.69) is 17.9 Å². The Morgan fingerprint density at radius 3 is 2.84 bits per heavy atom. The van der Waals surface area contributed by atoms with E-state index in [4.69, 9.17) is 4.74 Å². The Morgan fingerprint density at radius 2 is 2.13 bits per heavy atom. The molecule has 4 unspecified atom stereocenters. The number of carbonyl (C=O) groups excluding carboxylic acids is 1. The van der Waals surface area contributed by atoms with Crippen molar-refractivity contribution in [2.24, 2.45) is 5.92 Å². The lowest BCUT2D eigenvalue weighted by molar-refractivity contribution is -0.318. The standard InChI is InChI=1S/C27H35NO3/c1-3-5-7-11-25(29)31-21-13-12-20-15-23-27(30)24(28(23)18-19-9-8-10-19)17-26(27,14-6-4-2)22(20)16-21/h3,5,7,11-13,16,19,23-24,30H,4,6,8-10,14-15,17-18H2,1-2H3/b5-3+,11-7+. The Balaban J connectivity index is 1.43. The smallest absolute Gasteiger partial charge is 0.336 e. The highest BCUT2D eigenvalue weighted by Gasteiger charge is 2.79. The molecule has 1 heterocycles. The van der Waals surface area contributed by atoms with Crippen molar-refractivity contribution in [3.05, 3.63) is 53.6 Å². The minimum atomic E-state index is -0.618. The molecular weight excluding hydrogens is 386 g/mol. The van der Waals surface area contributed by atoms with Gasteiger partial charge in [-0.15, -0.1) is 0 Å². The molecule has 4 atom stereocenters. The van der Waals surface area contributed by atoms with E-state index in [0.29, 0.717) is 11.8 Å². The average Bonchev–Trinajstić information content (AvgIpc) is 2.72. The fourth-order valence-electron chi connectivity index (χ4n) is 6.72. The summed E-state index contributed by atoms with van der Waals surface area (Å²) >= 11 is 0. The van der Waals surface area contributed by atoms with Crippen LogP contribution in [0.3, 0.4) is 0 Å². The van der Waals surface area contributed by atoms with Crippen LogP contribution in [0.15, 0.2) is 42.5 Å². The van der Waals surface area contributed by atoms with Gasteiger partial charge in [0.2, 0.25) is 0 Å². The fraction of sp³-hybridized carbons (Fsp3) is 0.593. The molecule has 0 aromatic heterocycles. The molecular formula is C27H35NO3. The minimum absolute atomic E-state index is 0.189. The molecule has 3 fully saturated rings. The van der Waals surface area contributed by atoms with Crippen LogP contribution in [-0.4, -0.2) is 40.2 Å². The summed E-state index contributed by atoms with van der Waals surface area (Å²) in [5.41, 5.74) is 1.74. The maximum absolute atomic E-state index is 12.2. The number of hydrogen-bond donors (Lipinski definition) is 1. The van der Waals surface area contributed by atoms with E-state index < -0.39 is 5.60 Å². The molecule has 1 aliphatic heterocycles. The monoisotopic (exact) mass is 421 g/mol. The van der Waals surface area contributed by atoms with E-state index in [0.717, 1.165) is 44.6 Å².